The molecular weight excluding hydrogens is 352 g/mol. The zero-order valence-electron chi connectivity index (χ0n) is 14.7. The van der Waals surface area contributed by atoms with Gasteiger partial charge in [-0.05, 0) is 36.8 Å². The Kier molecular flexibility index (Phi) is 5.09. The van der Waals surface area contributed by atoms with Gasteiger partial charge in [0.2, 0.25) is 5.91 Å². The summed E-state index contributed by atoms with van der Waals surface area (Å²) in [5.74, 6) is -0.798. The van der Waals surface area contributed by atoms with E-state index in [1.807, 2.05) is 19.1 Å². The third-order valence-corrected chi connectivity index (χ3v) is 4.69. The van der Waals surface area contributed by atoms with Gasteiger partial charge in [-0.2, -0.15) is 0 Å². The standard InChI is InChI=1S/C20H19ClN2O3/c1-13-3-8-16-17(11-13)20(26)23(19(16)25)10-9-18(24)22(2)12-14-4-6-15(21)7-5-14/h3-8,11H,9-10,12H2,1-2H3. The van der Waals surface area contributed by atoms with Crippen molar-refractivity contribution in [2.75, 3.05) is 13.6 Å². The van der Waals surface area contributed by atoms with Crippen molar-refractivity contribution in [2.45, 2.75) is 19.9 Å². The number of hydrogen-bond donors (Lipinski definition) is 0. The topological polar surface area (TPSA) is 57.7 Å². The first-order chi connectivity index (χ1) is 12.4. The second-order valence-corrected chi connectivity index (χ2v) is 6.87. The molecule has 0 saturated carbocycles. The third kappa shape index (κ3) is 3.63. The van der Waals surface area contributed by atoms with Crippen LogP contribution in [0, 0.1) is 6.92 Å². The van der Waals surface area contributed by atoms with Gasteiger partial charge in [-0.3, -0.25) is 19.3 Å². The first-order valence-electron chi connectivity index (χ1n) is 8.32. The van der Waals surface area contributed by atoms with Gasteiger partial charge in [-0.25, -0.2) is 0 Å². The lowest BCUT2D eigenvalue weighted by Gasteiger charge is -2.19. The Morgan fingerprint density at radius 3 is 2.38 bits per heavy atom. The lowest BCUT2D eigenvalue weighted by Crippen LogP contribution is -2.35. The molecule has 2 aromatic carbocycles. The molecule has 2 aromatic rings. The SMILES string of the molecule is Cc1ccc2c(c1)C(=O)N(CCC(=O)N(C)Cc1ccc(Cl)cc1)C2=O. The summed E-state index contributed by atoms with van der Waals surface area (Å²) in [6.07, 6.45) is 0.0918. The Morgan fingerprint density at radius 2 is 1.69 bits per heavy atom. The van der Waals surface area contributed by atoms with Gasteiger partial charge >= 0.3 is 0 Å². The molecule has 1 aliphatic heterocycles. The first-order valence-corrected chi connectivity index (χ1v) is 8.70. The molecular formula is C20H19ClN2O3. The van der Waals surface area contributed by atoms with E-state index in [1.54, 1.807) is 42.3 Å². The molecule has 3 rings (SSSR count). The minimum Gasteiger partial charge on any atom is -0.341 e. The molecule has 5 nitrogen and oxygen atoms in total. The van der Waals surface area contributed by atoms with Crippen LogP contribution in [0.25, 0.3) is 0 Å². The maximum atomic E-state index is 12.4. The van der Waals surface area contributed by atoms with Crippen molar-refractivity contribution in [1.29, 1.82) is 0 Å². The molecule has 1 aliphatic rings. The molecule has 0 fully saturated rings. The van der Waals surface area contributed by atoms with Gasteiger partial charge in [0.25, 0.3) is 11.8 Å². The number of carbonyl (C=O) groups is 3. The lowest BCUT2D eigenvalue weighted by molar-refractivity contribution is -0.130. The van der Waals surface area contributed by atoms with Crippen LogP contribution in [0.15, 0.2) is 42.5 Å². The summed E-state index contributed by atoms with van der Waals surface area (Å²) in [4.78, 5) is 39.9. The van der Waals surface area contributed by atoms with Crippen molar-refractivity contribution in [1.82, 2.24) is 9.80 Å². The Bertz CT molecular complexity index is 877. The van der Waals surface area contributed by atoms with Crippen LogP contribution in [0.5, 0.6) is 0 Å². The molecule has 0 saturated heterocycles. The van der Waals surface area contributed by atoms with Crippen LogP contribution in [0.3, 0.4) is 0 Å². The fourth-order valence-corrected chi connectivity index (χ4v) is 3.08. The smallest absolute Gasteiger partial charge is 0.261 e. The lowest BCUT2D eigenvalue weighted by atomic mass is 10.1. The molecule has 26 heavy (non-hydrogen) atoms. The van der Waals surface area contributed by atoms with Crippen molar-refractivity contribution < 1.29 is 14.4 Å². The Morgan fingerprint density at radius 1 is 1.04 bits per heavy atom. The predicted molar refractivity (Wildman–Crippen MR) is 99.1 cm³/mol. The quantitative estimate of drug-likeness (QED) is 0.759. The number of benzene rings is 2. The number of carbonyl (C=O) groups excluding carboxylic acids is 3. The van der Waals surface area contributed by atoms with E-state index >= 15 is 0 Å². The zero-order chi connectivity index (χ0) is 18.8. The summed E-state index contributed by atoms with van der Waals surface area (Å²) in [5, 5.41) is 0.642. The van der Waals surface area contributed by atoms with Crippen LogP contribution in [-0.2, 0) is 11.3 Å². The van der Waals surface area contributed by atoms with Gasteiger partial charge in [0.05, 0.1) is 11.1 Å². The molecule has 0 spiro atoms. The monoisotopic (exact) mass is 370 g/mol. The minimum atomic E-state index is -0.335. The molecule has 3 amide bonds. The highest BCUT2D eigenvalue weighted by Gasteiger charge is 2.35. The van der Waals surface area contributed by atoms with Crippen molar-refractivity contribution >= 4 is 29.3 Å². The molecule has 0 N–H and O–H groups in total. The fourth-order valence-electron chi connectivity index (χ4n) is 2.96. The van der Waals surface area contributed by atoms with Gasteiger partial charge in [0, 0.05) is 31.6 Å². The number of halogens is 1. The summed E-state index contributed by atoms with van der Waals surface area (Å²) in [7, 11) is 1.70. The molecule has 0 aliphatic carbocycles. The van der Waals surface area contributed by atoms with Gasteiger partial charge in [0.15, 0.2) is 0 Å². The molecule has 0 atom stereocenters. The van der Waals surface area contributed by atoms with Gasteiger partial charge < -0.3 is 4.90 Å². The average Bonchev–Trinajstić information content (AvgIpc) is 2.85. The number of hydrogen-bond acceptors (Lipinski definition) is 3. The number of rotatable bonds is 5. The second-order valence-electron chi connectivity index (χ2n) is 6.44. The van der Waals surface area contributed by atoms with E-state index in [9.17, 15) is 14.4 Å². The van der Waals surface area contributed by atoms with Crippen LogP contribution in [0.2, 0.25) is 5.02 Å². The van der Waals surface area contributed by atoms with Crippen LogP contribution in [0.1, 0.15) is 38.3 Å². The molecule has 0 unspecified atom stereocenters. The van der Waals surface area contributed by atoms with Crippen LogP contribution >= 0.6 is 11.6 Å². The highest BCUT2D eigenvalue weighted by Crippen LogP contribution is 2.24. The number of imide groups is 1. The average molecular weight is 371 g/mol. The van der Waals surface area contributed by atoms with Gasteiger partial charge in [-0.15, -0.1) is 0 Å². The van der Waals surface area contributed by atoms with E-state index in [2.05, 4.69) is 0 Å². The van der Waals surface area contributed by atoms with E-state index in [0.717, 1.165) is 16.0 Å². The number of amides is 3. The van der Waals surface area contributed by atoms with E-state index in [-0.39, 0.29) is 30.7 Å². The normalized spacial score (nSPS) is 13.1. The molecule has 0 aromatic heterocycles. The van der Waals surface area contributed by atoms with E-state index < -0.39 is 0 Å². The zero-order valence-corrected chi connectivity index (χ0v) is 15.4. The molecule has 0 radical (unpaired) electrons. The minimum absolute atomic E-state index is 0.0786. The molecule has 134 valence electrons. The summed E-state index contributed by atoms with van der Waals surface area (Å²) in [6.45, 7) is 2.39. The van der Waals surface area contributed by atoms with Gasteiger partial charge in [-0.1, -0.05) is 35.4 Å². The Balaban J connectivity index is 1.60. The van der Waals surface area contributed by atoms with E-state index in [4.69, 9.17) is 11.6 Å². The van der Waals surface area contributed by atoms with E-state index in [1.165, 1.54) is 0 Å². The molecule has 6 heteroatoms. The predicted octanol–water partition coefficient (Wildman–Crippen LogP) is 3.29. The summed E-state index contributed by atoms with van der Waals surface area (Å²) in [5.41, 5.74) is 2.70. The third-order valence-electron chi connectivity index (χ3n) is 4.43. The second kappa shape index (κ2) is 7.30. The first kappa shape index (κ1) is 18.1. The van der Waals surface area contributed by atoms with E-state index in [0.29, 0.717) is 22.7 Å². The highest BCUT2D eigenvalue weighted by atomic mass is 35.5. The number of aryl methyl sites for hydroxylation is 1. The largest absolute Gasteiger partial charge is 0.341 e. The maximum Gasteiger partial charge on any atom is 0.261 e. The van der Waals surface area contributed by atoms with Crippen LogP contribution < -0.4 is 0 Å². The number of nitrogens with zero attached hydrogens (tertiary/aromatic N) is 2. The van der Waals surface area contributed by atoms with Crippen LogP contribution in [-0.4, -0.2) is 41.1 Å². The molecule has 1 heterocycles. The van der Waals surface area contributed by atoms with Crippen molar-refractivity contribution in [3.05, 3.63) is 69.7 Å². The van der Waals surface area contributed by atoms with Crippen molar-refractivity contribution in [2.24, 2.45) is 0 Å². The fraction of sp³-hybridized carbons (Fsp3) is 0.250. The Labute approximate surface area is 157 Å². The van der Waals surface area contributed by atoms with Crippen LogP contribution in [0.4, 0.5) is 0 Å². The Hall–Kier alpha value is -2.66. The van der Waals surface area contributed by atoms with Crippen molar-refractivity contribution in [3.63, 3.8) is 0 Å². The summed E-state index contributed by atoms with van der Waals surface area (Å²) < 4.78 is 0. The summed E-state index contributed by atoms with van der Waals surface area (Å²) in [6, 6.07) is 12.4. The maximum absolute atomic E-state index is 12.4. The number of fused-ring (bicyclic) bond motifs is 1. The highest BCUT2D eigenvalue weighted by molar-refractivity contribution is 6.30. The summed E-state index contributed by atoms with van der Waals surface area (Å²) >= 11 is 5.86. The molecule has 0 bridgehead atoms. The van der Waals surface area contributed by atoms with Crippen molar-refractivity contribution in [3.8, 4) is 0 Å². The van der Waals surface area contributed by atoms with Gasteiger partial charge in [0.1, 0.15) is 0 Å².